The van der Waals surface area contributed by atoms with Gasteiger partial charge >= 0.3 is 12.2 Å². The molecule has 1 aliphatic carbocycles. The van der Waals surface area contributed by atoms with Gasteiger partial charge in [-0.25, -0.2) is 14.5 Å². The number of hydrogen-bond donors (Lipinski definition) is 1. The van der Waals surface area contributed by atoms with Crippen molar-refractivity contribution in [2.24, 2.45) is 5.92 Å². The Morgan fingerprint density at radius 1 is 0.833 bits per heavy atom. The van der Waals surface area contributed by atoms with Crippen molar-refractivity contribution in [1.82, 2.24) is 10.2 Å². The summed E-state index contributed by atoms with van der Waals surface area (Å²) in [4.78, 5) is 36.5. The van der Waals surface area contributed by atoms with Gasteiger partial charge in [0.2, 0.25) is 5.91 Å². The third-order valence-electron chi connectivity index (χ3n) is 7.10. The molecule has 2 aromatic carbocycles. The first-order valence-electron chi connectivity index (χ1n) is 13.1. The summed E-state index contributed by atoms with van der Waals surface area (Å²) in [6, 6.07) is 20.0. The van der Waals surface area contributed by atoms with Gasteiger partial charge in [0.1, 0.15) is 13.2 Å². The molecule has 7 nitrogen and oxygen atoms in total. The Bertz CT molecular complexity index is 991. The largest absolute Gasteiger partial charge is 0.447 e. The topological polar surface area (TPSA) is 84.9 Å². The van der Waals surface area contributed by atoms with Crippen LogP contribution in [0, 0.1) is 5.92 Å². The molecule has 1 unspecified atom stereocenters. The summed E-state index contributed by atoms with van der Waals surface area (Å²) < 4.78 is 9.92. The van der Waals surface area contributed by atoms with Crippen LogP contribution in [-0.4, -0.2) is 48.3 Å². The van der Waals surface area contributed by atoms with Gasteiger partial charge < -0.3 is 14.8 Å². The summed E-state index contributed by atoms with van der Waals surface area (Å²) in [5.41, 5.74) is 2.35. The maximum Gasteiger partial charge on any atom is 0.416 e. The number of alkyl carbamates (subject to hydrolysis) is 1. The number of nitrogens with one attached hydrogen (secondary N) is 1. The summed E-state index contributed by atoms with van der Waals surface area (Å²) in [6.07, 6.45) is 8.43. The molecule has 36 heavy (non-hydrogen) atoms. The van der Waals surface area contributed by atoms with Gasteiger partial charge in [0, 0.05) is 6.42 Å². The zero-order valence-electron chi connectivity index (χ0n) is 20.8. The Morgan fingerprint density at radius 2 is 1.47 bits per heavy atom. The standard InChI is InChI=1S/C19H25NO3.C10H11NO2/c21-18(12-11-15-7-3-1-4-8-15)20-17(14-23-19(20)22)13-16-9-5-2-6-10-16;12-10-11-9(7-13-10)6-8-4-2-1-3-5-8/h2,5-6,9-10,15,17H,1,3-4,7-8,11-14H2;1-5,9H,6-7H2,(H,11,12)/t17-;/m1./s1. The summed E-state index contributed by atoms with van der Waals surface area (Å²) in [5, 5.41) is 2.74. The van der Waals surface area contributed by atoms with E-state index in [1.807, 2.05) is 60.7 Å². The highest BCUT2D eigenvalue weighted by Crippen LogP contribution is 2.28. The number of cyclic esters (lactones) is 2. The van der Waals surface area contributed by atoms with Crippen molar-refractivity contribution in [2.75, 3.05) is 13.2 Å². The number of imide groups is 1. The first-order chi connectivity index (χ1) is 17.6. The molecule has 3 amide bonds. The minimum atomic E-state index is -0.473. The van der Waals surface area contributed by atoms with E-state index in [0.717, 1.165) is 18.4 Å². The minimum Gasteiger partial charge on any atom is -0.447 e. The molecule has 2 saturated heterocycles. The molecule has 2 aromatic rings. The zero-order valence-corrected chi connectivity index (χ0v) is 20.8. The lowest BCUT2D eigenvalue weighted by molar-refractivity contribution is -0.129. The Labute approximate surface area is 213 Å². The van der Waals surface area contributed by atoms with Crippen LogP contribution in [0.4, 0.5) is 9.59 Å². The number of carbonyl (C=O) groups excluding carboxylic acids is 3. The lowest BCUT2D eigenvalue weighted by Gasteiger charge is -2.23. The molecule has 7 heteroatoms. The lowest BCUT2D eigenvalue weighted by atomic mass is 9.86. The molecular weight excluding hydrogens is 456 g/mol. The maximum atomic E-state index is 12.5. The lowest BCUT2D eigenvalue weighted by Crippen LogP contribution is -2.40. The molecule has 3 aliphatic rings. The van der Waals surface area contributed by atoms with Crippen LogP contribution < -0.4 is 5.32 Å². The van der Waals surface area contributed by atoms with Gasteiger partial charge in [0.05, 0.1) is 12.1 Å². The van der Waals surface area contributed by atoms with Crippen LogP contribution in [0.25, 0.3) is 0 Å². The van der Waals surface area contributed by atoms with Crippen LogP contribution in [-0.2, 0) is 27.1 Å². The highest BCUT2D eigenvalue weighted by molar-refractivity contribution is 5.93. The molecule has 0 aromatic heterocycles. The number of amides is 3. The van der Waals surface area contributed by atoms with Crippen molar-refractivity contribution in [3.8, 4) is 0 Å². The molecule has 1 saturated carbocycles. The van der Waals surface area contributed by atoms with Gasteiger partial charge in [-0.2, -0.15) is 0 Å². The average molecular weight is 493 g/mol. The highest BCUT2D eigenvalue weighted by atomic mass is 16.6. The van der Waals surface area contributed by atoms with Gasteiger partial charge in [0.25, 0.3) is 0 Å². The van der Waals surface area contributed by atoms with Gasteiger partial charge in [-0.05, 0) is 36.3 Å². The minimum absolute atomic E-state index is 0.0704. The van der Waals surface area contributed by atoms with Crippen molar-refractivity contribution in [3.63, 3.8) is 0 Å². The molecule has 2 atom stereocenters. The van der Waals surface area contributed by atoms with E-state index < -0.39 is 6.09 Å². The fourth-order valence-corrected chi connectivity index (χ4v) is 5.16. The van der Waals surface area contributed by atoms with Crippen molar-refractivity contribution >= 4 is 18.1 Å². The van der Waals surface area contributed by atoms with E-state index in [4.69, 9.17) is 9.47 Å². The molecule has 0 radical (unpaired) electrons. The summed E-state index contributed by atoms with van der Waals surface area (Å²) in [5.74, 6) is 0.581. The highest BCUT2D eigenvalue weighted by Gasteiger charge is 2.37. The summed E-state index contributed by atoms with van der Waals surface area (Å²) in [7, 11) is 0. The molecule has 2 heterocycles. The number of benzene rings is 2. The molecule has 3 fully saturated rings. The van der Waals surface area contributed by atoms with Gasteiger partial charge in [0.15, 0.2) is 0 Å². The molecule has 0 bridgehead atoms. The molecule has 5 rings (SSSR count). The fourth-order valence-electron chi connectivity index (χ4n) is 5.16. The van der Waals surface area contributed by atoms with Crippen molar-refractivity contribution < 1.29 is 23.9 Å². The summed E-state index contributed by atoms with van der Waals surface area (Å²) in [6.45, 7) is 0.788. The second kappa shape index (κ2) is 13.1. The van der Waals surface area contributed by atoms with Crippen LogP contribution >= 0.6 is 0 Å². The van der Waals surface area contributed by atoms with Gasteiger partial charge in [-0.15, -0.1) is 0 Å². The van der Waals surface area contributed by atoms with Gasteiger partial charge in [-0.1, -0.05) is 92.8 Å². The van der Waals surface area contributed by atoms with E-state index in [9.17, 15) is 14.4 Å². The average Bonchev–Trinajstić information content (AvgIpc) is 3.49. The SMILES string of the molecule is O=C(CCC1CCCCC1)N1C(=O)OC[C@H]1Cc1ccccc1.O=C1NC(Cc2ccccc2)CO1. The van der Waals surface area contributed by atoms with Gasteiger partial charge in [-0.3, -0.25) is 4.79 Å². The Kier molecular flexibility index (Phi) is 9.36. The monoisotopic (exact) mass is 492 g/mol. The van der Waals surface area contributed by atoms with Crippen LogP contribution in [0.1, 0.15) is 56.1 Å². The van der Waals surface area contributed by atoms with Crippen molar-refractivity contribution in [3.05, 3.63) is 71.8 Å². The second-order valence-electron chi connectivity index (χ2n) is 9.86. The number of hydrogen-bond acceptors (Lipinski definition) is 5. The maximum absolute atomic E-state index is 12.5. The number of carbonyl (C=O) groups is 3. The third-order valence-corrected chi connectivity index (χ3v) is 7.10. The quantitative estimate of drug-likeness (QED) is 0.569. The predicted octanol–water partition coefficient (Wildman–Crippen LogP) is 5.27. The van der Waals surface area contributed by atoms with Crippen LogP contribution in [0.5, 0.6) is 0 Å². The smallest absolute Gasteiger partial charge is 0.416 e. The normalized spacial score (nSPS) is 21.7. The van der Waals surface area contributed by atoms with E-state index in [0.29, 0.717) is 32.0 Å². The second-order valence-corrected chi connectivity index (χ2v) is 9.86. The third kappa shape index (κ3) is 7.57. The van der Waals surface area contributed by atoms with Crippen LogP contribution in [0.3, 0.4) is 0 Å². The Hall–Kier alpha value is -3.35. The van der Waals surface area contributed by atoms with Crippen molar-refractivity contribution in [1.29, 1.82) is 0 Å². The van der Waals surface area contributed by atoms with Crippen LogP contribution in [0.2, 0.25) is 0 Å². The fraction of sp³-hybridized carbons (Fsp3) is 0.483. The van der Waals surface area contributed by atoms with Crippen molar-refractivity contribution in [2.45, 2.75) is 69.9 Å². The first-order valence-corrected chi connectivity index (χ1v) is 13.1. The Balaban J connectivity index is 0.000000197. The Morgan fingerprint density at radius 3 is 2.08 bits per heavy atom. The predicted molar refractivity (Wildman–Crippen MR) is 136 cm³/mol. The molecule has 1 N–H and O–H groups in total. The number of ether oxygens (including phenoxy) is 2. The van der Waals surface area contributed by atoms with E-state index >= 15 is 0 Å². The van der Waals surface area contributed by atoms with Crippen LogP contribution in [0.15, 0.2) is 60.7 Å². The molecule has 2 aliphatic heterocycles. The van der Waals surface area contributed by atoms with E-state index in [-0.39, 0.29) is 24.1 Å². The summed E-state index contributed by atoms with van der Waals surface area (Å²) >= 11 is 0. The molecular formula is C29H36N2O5. The zero-order chi connectivity index (χ0) is 25.2. The first kappa shape index (κ1) is 25.7. The van der Waals surface area contributed by atoms with E-state index in [2.05, 4.69) is 5.32 Å². The molecule has 0 spiro atoms. The number of rotatable bonds is 7. The van der Waals surface area contributed by atoms with E-state index in [1.54, 1.807) is 0 Å². The van der Waals surface area contributed by atoms with E-state index in [1.165, 1.54) is 42.6 Å². The number of nitrogens with zero attached hydrogens (tertiary/aromatic N) is 1. The molecule has 192 valence electrons.